The first-order chi connectivity index (χ1) is 28.0. The zero-order valence-electron chi connectivity index (χ0n) is 32.1. The third-order valence-corrected chi connectivity index (χ3v) is 8.85. The van der Waals surface area contributed by atoms with E-state index in [4.69, 9.17) is 9.47 Å². The summed E-state index contributed by atoms with van der Waals surface area (Å²) in [6.45, 7) is 2.48. The average molecular weight is 1010 g/mol. The SMILES string of the molecule is COc1cccc(NC(=O)CC(C)=O)c1N=Nc1cc(S(=O)(=O)[O-])ccc1[N+](=O)[O-].COc1cccc(NC(=O)CC(C)=O)c1N=Nc1cc(S(=O)(=O)[O-])ccc1[N+](=O)[O-].[Ba+2]. The normalized spacial score (nSPS) is 11.1. The molecule has 0 aliphatic carbocycles. The fourth-order valence-corrected chi connectivity index (χ4v) is 5.60. The van der Waals surface area contributed by atoms with Gasteiger partial charge in [0.25, 0.3) is 11.4 Å². The van der Waals surface area contributed by atoms with E-state index < -0.39 is 74.4 Å². The van der Waals surface area contributed by atoms with Crippen molar-refractivity contribution >= 4 is 138 Å². The van der Waals surface area contributed by atoms with Gasteiger partial charge >= 0.3 is 48.9 Å². The van der Waals surface area contributed by atoms with Gasteiger partial charge in [-0.2, -0.15) is 0 Å². The van der Waals surface area contributed by atoms with Crippen LogP contribution < -0.4 is 20.1 Å². The number of nitrogens with zero attached hydrogens (tertiary/aromatic N) is 6. The summed E-state index contributed by atoms with van der Waals surface area (Å²) in [6, 6.07) is 13.5. The van der Waals surface area contributed by atoms with Crippen LogP contribution in [0.3, 0.4) is 0 Å². The molecule has 4 aromatic rings. The average Bonchev–Trinajstić information content (AvgIpc) is 3.15. The monoisotopic (exact) mass is 1010 g/mol. The van der Waals surface area contributed by atoms with E-state index >= 15 is 0 Å². The van der Waals surface area contributed by atoms with Crippen LogP contribution in [0.5, 0.6) is 11.5 Å². The van der Waals surface area contributed by atoms with Gasteiger partial charge in [0, 0.05) is 12.1 Å². The van der Waals surface area contributed by atoms with E-state index in [1.165, 1.54) is 64.5 Å². The van der Waals surface area contributed by atoms with Crippen LogP contribution in [0.25, 0.3) is 0 Å². The number of nitrogens with one attached hydrogen (secondary N) is 2. The number of hydrogen-bond donors (Lipinski definition) is 2. The van der Waals surface area contributed by atoms with Gasteiger partial charge in [-0.3, -0.25) is 39.4 Å². The van der Waals surface area contributed by atoms with Crippen molar-refractivity contribution in [3.8, 4) is 11.5 Å². The second kappa shape index (κ2) is 22.7. The molecule has 2 amide bonds. The number of Topliss-reactive ketones (excluding diaryl/α,β-unsaturated/α-hetero) is 2. The number of anilines is 2. The van der Waals surface area contributed by atoms with Crippen molar-refractivity contribution < 1.29 is 64.4 Å². The van der Waals surface area contributed by atoms with Gasteiger partial charge in [-0.05, 0) is 62.4 Å². The zero-order valence-corrected chi connectivity index (χ0v) is 38.2. The molecule has 0 heterocycles. The van der Waals surface area contributed by atoms with E-state index in [9.17, 15) is 65.3 Å². The molecule has 0 bridgehead atoms. The van der Waals surface area contributed by atoms with Crippen LogP contribution in [0.1, 0.15) is 26.7 Å². The molecule has 0 aliphatic heterocycles. The number of nitro groups is 2. The molecule has 4 aromatic carbocycles. The van der Waals surface area contributed by atoms with E-state index in [1.807, 2.05) is 0 Å². The Morgan fingerprint density at radius 2 is 0.951 bits per heavy atom. The third kappa shape index (κ3) is 15.3. The maximum Gasteiger partial charge on any atom is 2.00 e. The number of nitro benzene ring substituents is 2. The van der Waals surface area contributed by atoms with E-state index in [2.05, 4.69) is 31.1 Å². The van der Waals surface area contributed by atoms with Gasteiger partial charge in [0.1, 0.15) is 43.3 Å². The summed E-state index contributed by atoms with van der Waals surface area (Å²) in [5, 5.41) is 42.4. The van der Waals surface area contributed by atoms with Crippen molar-refractivity contribution in [3.05, 3.63) is 93.0 Å². The van der Waals surface area contributed by atoms with Crippen LogP contribution in [-0.2, 0) is 39.4 Å². The number of rotatable bonds is 16. The number of azo groups is 2. The van der Waals surface area contributed by atoms with Crippen LogP contribution in [0.15, 0.2) is 103 Å². The predicted octanol–water partition coefficient (Wildman–Crippen LogP) is 5.30. The molecule has 0 unspecified atom stereocenters. The topological polar surface area (TPSA) is 361 Å². The molecule has 0 atom stereocenters. The summed E-state index contributed by atoms with van der Waals surface area (Å²) in [5.74, 6) is -1.73. The van der Waals surface area contributed by atoms with Crippen molar-refractivity contribution in [2.45, 2.75) is 36.5 Å². The molecule has 4 rings (SSSR count). The number of ketones is 2. The van der Waals surface area contributed by atoms with Crippen molar-refractivity contribution in [1.82, 2.24) is 0 Å². The number of amides is 2. The predicted molar refractivity (Wildman–Crippen MR) is 210 cm³/mol. The second-order valence-electron chi connectivity index (χ2n) is 11.7. The fraction of sp³-hybridized carbons (Fsp3) is 0.176. The molecule has 0 saturated carbocycles. The first-order valence-electron chi connectivity index (χ1n) is 16.3. The Kier molecular flexibility index (Phi) is 19.1. The summed E-state index contributed by atoms with van der Waals surface area (Å²) in [4.78, 5) is 65.3. The summed E-state index contributed by atoms with van der Waals surface area (Å²) in [7, 11) is -7.16. The Balaban J connectivity index is 0.000000413. The number of methoxy groups -OCH3 is 2. The number of ether oxygens (including phenoxy) is 2. The third-order valence-electron chi connectivity index (χ3n) is 7.18. The van der Waals surface area contributed by atoms with Crippen LogP contribution in [0, 0.1) is 20.2 Å². The van der Waals surface area contributed by atoms with Gasteiger partial charge in [0.05, 0.1) is 58.1 Å². The first kappa shape index (κ1) is 51.3. The number of benzene rings is 4. The molecular weight excluding hydrogens is 978 g/mol. The maximum atomic E-state index is 11.9. The first-order valence-corrected chi connectivity index (χ1v) is 19.1. The van der Waals surface area contributed by atoms with Crippen molar-refractivity contribution in [1.29, 1.82) is 0 Å². The van der Waals surface area contributed by atoms with Gasteiger partial charge in [-0.25, -0.2) is 16.8 Å². The van der Waals surface area contributed by atoms with Crippen molar-refractivity contribution in [2.24, 2.45) is 20.5 Å². The van der Waals surface area contributed by atoms with Gasteiger partial charge in [-0.15, -0.1) is 20.5 Å². The smallest absolute Gasteiger partial charge is 0.744 e. The Hall–Kier alpha value is -5.85. The molecule has 0 radical (unpaired) electrons. The minimum atomic E-state index is -4.89. The molecule has 0 fully saturated rings. The Labute approximate surface area is 385 Å². The van der Waals surface area contributed by atoms with Gasteiger partial charge in [0.2, 0.25) is 11.8 Å². The summed E-state index contributed by atoms with van der Waals surface area (Å²) in [6.07, 6.45) is -0.772. The van der Waals surface area contributed by atoms with Gasteiger partial charge < -0.3 is 29.2 Å². The van der Waals surface area contributed by atoms with Crippen LogP contribution >= 0.6 is 0 Å². The van der Waals surface area contributed by atoms with E-state index in [-0.39, 0.29) is 108 Å². The molecule has 0 saturated heterocycles. The molecule has 24 nitrogen and oxygen atoms in total. The molecule has 0 aliphatic rings. The Morgan fingerprint density at radius 1 is 0.607 bits per heavy atom. The number of carbonyl (C=O) groups excluding carboxylic acids is 4. The number of carbonyl (C=O) groups is 4. The standard InChI is InChI=1S/2C17H16N4O8S.Ba/c2*1-10(22)8-16(23)18-12-4-3-5-15(29-2)17(12)20-19-13-9-11(30(26,27)28)6-7-14(13)21(24)25;/h2*3-7,9H,8H2,1-2H3,(H,18,23)(H,26,27,28);/q;;+2/p-2. The minimum Gasteiger partial charge on any atom is -0.744 e. The molecular formula is C34H30BaN8O16S2. The van der Waals surface area contributed by atoms with Crippen LogP contribution in [-0.4, -0.2) is 122 Å². The van der Waals surface area contributed by atoms with Crippen molar-refractivity contribution in [3.63, 3.8) is 0 Å². The molecule has 2 N–H and O–H groups in total. The largest absolute Gasteiger partial charge is 2.00 e. The number of hydrogen-bond acceptors (Lipinski definition) is 20. The van der Waals surface area contributed by atoms with Crippen LogP contribution in [0.4, 0.5) is 45.5 Å². The second-order valence-corrected chi connectivity index (χ2v) is 14.4. The Morgan fingerprint density at radius 3 is 1.23 bits per heavy atom. The maximum absolute atomic E-state index is 11.9. The zero-order chi connectivity index (χ0) is 44.9. The van der Waals surface area contributed by atoms with E-state index in [0.717, 1.165) is 24.3 Å². The quantitative estimate of drug-likeness (QED) is 0.0359. The molecule has 27 heteroatoms. The summed E-state index contributed by atoms with van der Waals surface area (Å²) < 4.78 is 77.6. The molecule has 0 spiro atoms. The van der Waals surface area contributed by atoms with Gasteiger partial charge in [0.15, 0.2) is 22.7 Å². The summed E-state index contributed by atoms with van der Waals surface area (Å²) in [5.41, 5.74) is -2.07. The summed E-state index contributed by atoms with van der Waals surface area (Å²) >= 11 is 0. The van der Waals surface area contributed by atoms with Crippen molar-refractivity contribution in [2.75, 3.05) is 24.9 Å². The fourth-order valence-electron chi connectivity index (χ4n) is 4.62. The van der Waals surface area contributed by atoms with Gasteiger partial charge in [-0.1, -0.05) is 12.1 Å². The minimum absolute atomic E-state index is 0. The van der Waals surface area contributed by atoms with E-state index in [1.54, 1.807) is 0 Å². The van der Waals surface area contributed by atoms with E-state index in [0.29, 0.717) is 12.1 Å². The van der Waals surface area contributed by atoms with Crippen LogP contribution in [0.2, 0.25) is 0 Å². The molecule has 61 heavy (non-hydrogen) atoms. The Bertz CT molecular complexity index is 2480. The molecule has 316 valence electrons. The molecule has 0 aromatic heterocycles.